The molecule has 1 rings (SSSR count). The molecule has 1 nitrogen and oxygen atoms in total. The van der Waals surface area contributed by atoms with Gasteiger partial charge in [-0.05, 0) is 40.9 Å². The zero-order valence-electron chi connectivity index (χ0n) is 7.39. The van der Waals surface area contributed by atoms with E-state index in [9.17, 15) is 0 Å². The Kier molecular flexibility index (Phi) is 5.14. The van der Waals surface area contributed by atoms with Gasteiger partial charge in [0.05, 0.1) is 5.03 Å². The van der Waals surface area contributed by atoms with Crippen molar-refractivity contribution in [2.75, 3.05) is 11.6 Å². The van der Waals surface area contributed by atoms with E-state index in [2.05, 4.69) is 33.9 Å². The van der Waals surface area contributed by atoms with Crippen LogP contribution >= 0.6 is 39.3 Å². The standard InChI is InChI=1S/C9H11BrClNS/c1-7-5-9(12-6-8(7)10)13-4-2-3-11/h5-6H,2-4H2,1H3. The van der Waals surface area contributed by atoms with Gasteiger partial charge in [0.1, 0.15) is 0 Å². The fourth-order valence-corrected chi connectivity index (χ4v) is 2.22. The topological polar surface area (TPSA) is 12.9 Å². The number of rotatable bonds is 4. The summed E-state index contributed by atoms with van der Waals surface area (Å²) in [6.45, 7) is 2.07. The third-order valence-corrected chi connectivity index (χ3v) is 3.66. The Morgan fingerprint density at radius 3 is 3.00 bits per heavy atom. The zero-order chi connectivity index (χ0) is 9.68. The number of aromatic nitrogens is 1. The maximum absolute atomic E-state index is 5.58. The average molecular weight is 281 g/mol. The molecular weight excluding hydrogens is 270 g/mol. The van der Waals surface area contributed by atoms with Crippen molar-refractivity contribution < 1.29 is 0 Å². The predicted octanol–water partition coefficient (Wildman–Crippen LogP) is 3.87. The van der Waals surface area contributed by atoms with Crippen molar-refractivity contribution in [1.29, 1.82) is 0 Å². The molecule has 0 bridgehead atoms. The van der Waals surface area contributed by atoms with Crippen LogP contribution in [-0.2, 0) is 0 Å². The largest absolute Gasteiger partial charge is 0.249 e. The molecule has 13 heavy (non-hydrogen) atoms. The van der Waals surface area contributed by atoms with Crippen LogP contribution in [-0.4, -0.2) is 16.6 Å². The lowest BCUT2D eigenvalue weighted by molar-refractivity contribution is 1.07. The SMILES string of the molecule is Cc1cc(SCCCCl)ncc1Br. The van der Waals surface area contributed by atoms with Crippen molar-refractivity contribution >= 4 is 39.3 Å². The summed E-state index contributed by atoms with van der Waals surface area (Å²) in [6.07, 6.45) is 2.88. The number of hydrogen-bond acceptors (Lipinski definition) is 2. The summed E-state index contributed by atoms with van der Waals surface area (Å²) in [4.78, 5) is 4.28. The van der Waals surface area contributed by atoms with Crippen LogP contribution in [0.5, 0.6) is 0 Å². The van der Waals surface area contributed by atoms with E-state index in [-0.39, 0.29) is 0 Å². The first-order valence-corrected chi connectivity index (χ1v) is 6.36. The molecule has 0 N–H and O–H groups in total. The molecule has 4 heteroatoms. The van der Waals surface area contributed by atoms with E-state index >= 15 is 0 Å². The molecule has 1 heterocycles. The molecule has 0 saturated carbocycles. The van der Waals surface area contributed by atoms with Gasteiger partial charge in [-0.25, -0.2) is 4.98 Å². The fourth-order valence-electron chi connectivity index (χ4n) is 0.824. The normalized spacial score (nSPS) is 10.4. The second-order valence-electron chi connectivity index (χ2n) is 2.66. The molecule has 0 aliphatic heterocycles. The maximum atomic E-state index is 5.58. The van der Waals surface area contributed by atoms with E-state index in [0.29, 0.717) is 0 Å². The first kappa shape index (κ1) is 11.3. The molecule has 0 spiro atoms. The number of halogens is 2. The molecule has 0 radical (unpaired) electrons. The van der Waals surface area contributed by atoms with Gasteiger partial charge in [-0.3, -0.25) is 0 Å². The van der Waals surface area contributed by atoms with E-state index in [1.54, 1.807) is 11.8 Å². The third kappa shape index (κ3) is 3.88. The Hall–Kier alpha value is 0.270. The third-order valence-electron chi connectivity index (χ3n) is 1.55. The van der Waals surface area contributed by atoms with Crippen LogP contribution in [0.3, 0.4) is 0 Å². The van der Waals surface area contributed by atoms with Gasteiger partial charge in [-0.15, -0.1) is 23.4 Å². The van der Waals surface area contributed by atoms with Gasteiger partial charge in [0, 0.05) is 22.3 Å². The quantitative estimate of drug-likeness (QED) is 0.472. The Bertz CT molecular complexity index is 280. The molecule has 1 aromatic rings. The smallest absolute Gasteiger partial charge is 0.0963 e. The highest BCUT2D eigenvalue weighted by Gasteiger charge is 1.98. The summed E-state index contributed by atoms with van der Waals surface area (Å²) >= 11 is 10.8. The molecule has 0 fully saturated rings. The van der Waals surface area contributed by atoms with Gasteiger partial charge in [0.25, 0.3) is 0 Å². The van der Waals surface area contributed by atoms with Crippen molar-refractivity contribution in [3.05, 3.63) is 22.3 Å². The zero-order valence-corrected chi connectivity index (χ0v) is 10.5. The van der Waals surface area contributed by atoms with Crippen LogP contribution in [0, 0.1) is 6.92 Å². The highest BCUT2D eigenvalue weighted by Crippen LogP contribution is 2.21. The van der Waals surface area contributed by atoms with Gasteiger partial charge < -0.3 is 0 Å². The Morgan fingerprint density at radius 1 is 1.62 bits per heavy atom. The molecule has 0 unspecified atom stereocenters. The molecule has 0 atom stereocenters. The van der Waals surface area contributed by atoms with Crippen LogP contribution in [0.4, 0.5) is 0 Å². The van der Waals surface area contributed by atoms with Gasteiger partial charge in [-0.2, -0.15) is 0 Å². The Labute approximate surface area is 96.4 Å². The minimum atomic E-state index is 0.725. The van der Waals surface area contributed by atoms with Crippen molar-refractivity contribution in [3.8, 4) is 0 Å². The lowest BCUT2D eigenvalue weighted by Gasteiger charge is -2.01. The van der Waals surface area contributed by atoms with Gasteiger partial charge in [-0.1, -0.05) is 0 Å². The molecule has 0 saturated heterocycles. The highest BCUT2D eigenvalue weighted by atomic mass is 79.9. The fraction of sp³-hybridized carbons (Fsp3) is 0.444. The summed E-state index contributed by atoms with van der Waals surface area (Å²) in [5.74, 6) is 1.76. The molecule has 0 aliphatic carbocycles. The van der Waals surface area contributed by atoms with Gasteiger partial charge >= 0.3 is 0 Å². The van der Waals surface area contributed by atoms with Crippen molar-refractivity contribution in [1.82, 2.24) is 4.98 Å². The molecular formula is C9H11BrClNS. The lowest BCUT2D eigenvalue weighted by atomic mass is 10.3. The van der Waals surface area contributed by atoms with Crippen molar-refractivity contribution in [2.24, 2.45) is 0 Å². The average Bonchev–Trinajstić information content (AvgIpc) is 2.12. The highest BCUT2D eigenvalue weighted by molar-refractivity contribution is 9.10. The van der Waals surface area contributed by atoms with Crippen LogP contribution in [0.15, 0.2) is 21.8 Å². The predicted molar refractivity (Wildman–Crippen MR) is 62.7 cm³/mol. The van der Waals surface area contributed by atoms with E-state index in [0.717, 1.165) is 27.6 Å². The lowest BCUT2D eigenvalue weighted by Crippen LogP contribution is -1.86. The van der Waals surface area contributed by atoms with Crippen LogP contribution in [0.1, 0.15) is 12.0 Å². The Morgan fingerprint density at radius 2 is 2.38 bits per heavy atom. The number of nitrogens with zero attached hydrogens (tertiary/aromatic N) is 1. The van der Waals surface area contributed by atoms with Gasteiger partial charge in [0.15, 0.2) is 0 Å². The summed E-state index contributed by atoms with van der Waals surface area (Å²) in [6, 6.07) is 2.09. The minimum absolute atomic E-state index is 0.725. The molecule has 0 aliphatic rings. The Balaban J connectivity index is 2.53. The van der Waals surface area contributed by atoms with Crippen LogP contribution in [0.25, 0.3) is 0 Å². The first-order chi connectivity index (χ1) is 6.24. The van der Waals surface area contributed by atoms with Gasteiger partial charge in [0.2, 0.25) is 0 Å². The first-order valence-electron chi connectivity index (χ1n) is 4.05. The van der Waals surface area contributed by atoms with Crippen molar-refractivity contribution in [2.45, 2.75) is 18.4 Å². The summed E-state index contributed by atoms with van der Waals surface area (Å²) < 4.78 is 1.06. The van der Waals surface area contributed by atoms with E-state index in [1.807, 2.05) is 6.20 Å². The number of hydrogen-bond donors (Lipinski definition) is 0. The molecule has 1 aromatic heterocycles. The number of alkyl halides is 1. The molecule has 72 valence electrons. The monoisotopic (exact) mass is 279 g/mol. The maximum Gasteiger partial charge on any atom is 0.0963 e. The number of aryl methyl sites for hydroxylation is 1. The second kappa shape index (κ2) is 5.89. The van der Waals surface area contributed by atoms with E-state index in [1.165, 1.54) is 5.56 Å². The molecule has 0 aromatic carbocycles. The summed E-state index contributed by atoms with van der Waals surface area (Å²) in [5.41, 5.74) is 1.23. The van der Waals surface area contributed by atoms with Crippen LogP contribution in [0.2, 0.25) is 0 Å². The van der Waals surface area contributed by atoms with E-state index < -0.39 is 0 Å². The van der Waals surface area contributed by atoms with E-state index in [4.69, 9.17) is 11.6 Å². The van der Waals surface area contributed by atoms with Crippen molar-refractivity contribution in [3.63, 3.8) is 0 Å². The minimum Gasteiger partial charge on any atom is -0.249 e. The molecule has 0 amide bonds. The second-order valence-corrected chi connectivity index (χ2v) is 5.01. The number of thioether (sulfide) groups is 1. The van der Waals surface area contributed by atoms with Crippen LogP contribution < -0.4 is 0 Å². The number of pyridine rings is 1. The summed E-state index contributed by atoms with van der Waals surface area (Å²) in [5, 5.41) is 1.07. The summed E-state index contributed by atoms with van der Waals surface area (Å²) in [7, 11) is 0.